The van der Waals surface area contributed by atoms with E-state index in [2.05, 4.69) is 10.2 Å². The lowest BCUT2D eigenvalue weighted by Crippen LogP contribution is -2.47. The lowest BCUT2D eigenvalue weighted by atomic mass is 10.0. The number of anilines is 1. The average molecular weight is 388 g/mol. The molecule has 1 saturated heterocycles. The molecule has 150 valence electrons. The van der Waals surface area contributed by atoms with Crippen LogP contribution < -0.4 is 24.4 Å². The molecule has 2 aromatic carbocycles. The summed E-state index contributed by atoms with van der Waals surface area (Å²) in [5.41, 5.74) is 1.20. The lowest BCUT2D eigenvalue weighted by molar-refractivity contribution is 0.0929. The molecule has 1 aliphatic rings. The van der Waals surface area contributed by atoms with Gasteiger partial charge in [0.1, 0.15) is 5.82 Å². The van der Waals surface area contributed by atoms with Gasteiger partial charge < -0.3 is 24.4 Å². The molecule has 1 heterocycles. The summed E-state index contributed by atoms with van der Waals surface area (Å²) >= 11 is 0. The van der Waals surface area contributed by atoms with Crippen molar-refractivity contribution in [2.45, 2.75) is 18.9 Å². The maximum atomic E-state index is 13.5. The molecule has 0 aliphatic carbocycles. The molecule has 1 N–H and O–H groups in total. The van der Waals surface area contributed by atoms with Crippen LogP contribution in [-0.2, 0) is 0 Å². The van der Waals surface area contributed by atoms with Crippen molar-refractivity contribution in [1.82, 2.24) is 5.32 Å². The molecular weight excluding hydrogens is 363 g/mol. The first-order chi connectivity index (χ1) is 13.6. The highest BCUT2D eigenvalue weighted by Crippen LogP contribution is 2.39. The van der Waals surface area contributed by atoms with E-state index in [0.29, 0.717) is 29.4 Å². The first kappa shape index (κ1) is 19.8. The molecule has 1 unspecified atom stereocenters. The summed E-state index contributed by atoms with van der Waals surface area (Å²) in [4.78, 5) is 15.0. The number of benzene rings is 2. The molecule has 0 bridgehead atoms. The van der Waals surface area contributed by atoms with Crippen LogP contribution in [0.5, 0.6) is 17.2 Å². The second-order valence-corrected chi connectivity index (χ2v) is 6.62. The quantitative estimate of drug-likeness (QED) is 0.823. The molecular formula is C21H25FN2O4. The number of carbonyl (C=O) groups excluding carboxylic acids is 1. The summed E-state index contributed by atoms with van der Waals surface area (Å²) in [7, 11) is 4.51. The minimum absolute atomic E-state index is 0.0534. The summed E-state index contributed by atoms with van der Waals surface area (Å²) in [6.07, 6.45) is 1.76. The van der Waals surface area contributed by atoms with Crippen LogP contribution in [0.1, 0.15) is 23.2 Å². The summed E-state index contributed by atoms with van der Waals surface area (Å²) < 4.78 is 29.6. The number of hydrogen-bond donors (Lipinski definition) is 1. The van der Waals surface area contributed by atoms with Gasteiger partial charge in [0, 0.05) is 24.8 Å². The van der Waals surface area contributed by atoms with E-state index >= 15 is 0 Å². The summed E-state index contributed by atoms with van der Waals surface area (Å²) in [6, 6.07) is 9.80. The van der Waals surface area contributed by atoms with Crippen molar-refractivity contribution in [1.29, 1.82) is 0 Å². The zero-order valence-electron chi connectivity index (χ0n) is 16.3. The molecule has 0 saturated carbocycles. The van der Waals surface area contributed by atoms with E-state index in [1.165, 1.54) is 33.5 Å². The van der Waals surface area contributed by atoms with Gasteiger partial charge in [-0.15, -0.1) is 0 Å². The van der Waals surface area contributed by atoms with Gasteiger partial charge in [0.05, 0.1) is 26.9 Å². The Morgan fingerprint density at radius 2 is 1.89 bits per heavy atom. The van der Waals surface area contributed by atoms with Crippen molar-refractivity contribution in [3.8, 4) is 17.2 Å². The van der Waals surface area contributed by atoms with Gasteiger partial charge >= 0.3 is 0 Å². The Hall–Kier alpha value is -2.96. The minimum atomic E-state index is -0.265. The fourth-order valence-electron chi connectivity index (χ4n) is 3.55. The number of methoxy groups -OCH3 is 3. The van der Waals surface area contributed by atoms with Crippen LogP contribution in [0.15, 0.2) is 36.4 Å². The molecule has 1 atom stereocenters. The summed E-state index contributed by atoms with van der Waals surface area (Å²) in [6.45, 7) is 1.44. The van der Waals surface area contributed by atoms with Crippen molar-refractivity contribution in [2.24, 2.45) is 0 Å². The van der Waals surface area contributed by atoms with E-state index in [1.807, 2.05) is 6.07 Å². The van der Waals surface area contributed by atoms with Crippen molar-refractivity contribution < 1.29 is 23.4 Å². The third-order valence-electron chi connectivity index (χ3n) is 4.88. The van der Waals surface area contributed by atoms with Gasteiger partial charge in [-0.1, -0.05) is 6.07 Å². The van der Waals surface area contributed by atoms with Gasteiger partial charge in [-0.05, 0) is 43.2 Å². The van der Waals surface area contributed by atoms with Gasteiger partial charge in [0.25, 0.3) is 5.91 Å². The molecule has 2 aromatic rings. The molecule has 1 amide bonds. The van der Waals surface area contributed by atoms with Gasteiger partial charge in [0.15, 0.2) is 11.5 Å². The second kappa shape index (κ2) is 8.82. The minimum Gasteiger partial charge on any atom is -0.493 e. The second-order valence-electron chi connectivity index (χ2n) is 6.62. The molecule has 28 heavy (non-hydrogen) atoms. The number of rotatable bonds is 6. The number of halogens is 1. The maximum absolute atomic E-state index is 13.5. The van der Waals surface area contributed by atoms with Gasteiger partial charge in [0.2, 0.25) is 5.75 Å². The molecule has 0 radical (unpaired) electrons. The third-order valence-corrected chi connectivity index (χ3v) is 4.88. The van der Waals surface area contributed by atoms with Crippen molar-refractivity contribution in [2.75, 3.05) is 39.3 Å². The van der Waals surface area contributed by atoms with Crippen LogP contribution in [0, 0.1) is 5.82 Å². The lowest BCUT2D eigenvalue weighted by Gasteiger charge is -2.35. The Bertz CT molecular complexity index is 843. The van der Waals surface area contributed by atoms with Crippen LogP contribution in [0.3, 0.4) is 0 Å². The largest absolute Gasteiger partial charge is 0.493 e. The van der Waals surface area contributed by atoms with Crippen molar-refractivity contribution in [3.63, 3.8) is 0 Å². The van der Waals surface area contributed by atoms with Gasteiger partial charge in [-0.3, -0.25) is 4.79 Å². The topological polar surface area (TPSA) is 60.0 Å². The first-order valence-electron chi connectivity index (χ1n) is 9.17. The summed E-state index contributed by atoms with van der Waals surface area (Å²) in [5, 5.41) is 3.06. The van der Waals surface area contributed by atoms with Crippen LogP contribution in [0.2, 0.25) is 0 Å². The molecule has 3 rings (SSSR count). The number of amides is 1. The predicted molar refractivity (Wildman–Crippen MR) is 105 cm³/mol. The Morgan fingerprint density at radius 3 is 2.57 bits per heavy atom. The molecule has 6 nitrogen and oxygen atoms in total. The third kappa shape index (κ3) is 4.13. The monoisotopic (exact) mass is 388 g/mol. The number of ether oxygens (including phenoxy) is 3. The highest BCUT2D eigenvalue weighted by molar-refractivity contribution is 5.98. The number of hydrogen-bond acceptors (Lipinski definition) is 5. The molecule has 1 fully saturated rings. The molecule has 0 spiro atoms. The van der Waals surface area contributed by atoms with E-state index in [0.717, 1.165) is 25.1 Å². The van der Waals surface area contributed by atoms with E-state index in [-0.39, 0.29) is 17.8 Å². The number of nitrogens with zero attached hydrogens (tertiary/aromatic N) is 1. The van der Waals surface area contributed by atoms with Crippen LogP contribution in [0.4, 0.5) is 10.1 Å². The molecule has 1 aliphatic heterocycles. The molecule has 7 heteroatoms. The number of piperidine rings is 1. The average Bonchev–Trinajstić information content (AvgIpc) is 2.72. The fourth-order valence-corrected chi connectivity index (χ4v) is 3.55. The number of carbonyl (C=O) groups is 1. The summed E-state index contributed by atoms with van der Waals surface area (Å²) in [5.74, 6) is 0.688. The maximum Gasteiger partial charge on any atom is 0.255 e. The van der Waals surface area contributed by atoms with Gasteiger partial charge in [-0.2, -0.15) is 0 Å². The smallest absolute Gasteiger partial charge is 0.255 e. The highest BCUT2D eigenvalue weighted by Gasteiger charge is 2.25. The normalized spacial score (nSPS) is 16.4. The van der Waals surface area contributed by atoms with Crippen LogP contribution in [-0.4, -0.2) is 46.4 Å². The zero-order valence-corrected chi connectivity index (χ0v) is 16.3. The Balaban J connectivity index is 1.76. The van der Waals surface area contributed by atoms with E-state index < -0.39 is 0 Å². The van der Waals surface area contributed by atoms with Crippen LogP contribution in [0.25, 0.3) is 0 Å². The number of nitrogens with one attached hydrogen (secondary N) is 1. The van der Waals surface area contributed by atoms with Crippen LogP contribution >= 0.6 is 0 Å². The predicted octanol–water partition coefficient (Wildman–Crippen LogP) is 3.25. The zero-order chi connectivity index (χ0) is 20.1. The van der Waals surface area contributed by atoms with Crippen molar-refractivity contribution in [3.05, 3.63) is 47.8 Å². The standard InChI is InChI=1S/C21H25FN2O4/c1-26-18-10-9-17(19(27-2)20(18)28-3)21(25)23-15-7-5-11-24(13-15)16-8-4-6-14(22)12-16/h4,6,8-10,12,15H,5,7,11,13H2,1-3H3,(H,23,25). The Kier molecular flexibility index (Phi) is 6.23. The Labute approximate surface area is 164 Å². The fraction of sp³-hybridized carbons (Fsp3) is 0.381. The van der Waals surface area contributed by atoms with E-state index in [1.54, 1.807) is 18.2 Å². The first-order valence-corrected chi connectivity index (χ1v) is 9.17. The Morgan fingerprint density at radius 1 is 1.11 bits per heavy atom. The van der Waals surface area contributed by atoms with E-state index in [9.17, 15) is 9.18 Å². The SMILES string of the molecule is COc1ccc(C(=O)NC2CCCN(c3cccc(F)c3)C2)c(OC)c1OC. The van der Waals surface area contributed by atoms with Crippen molar-refractivity contribution >= 4 is 11.6 Å². The van der Waals surface area contributed by atoms with E-state index in [4.69, 9.17) is 14.2 Å². The molecule has 0 aromatic heterocycles. The van der Waals surface area contributed by atoms with Gasteiger partial charge in [-0.25, -0.2) is 4.39 Å². The highest BCUT2D eigenvalue weighted by atomic mass is 19.1.